The van der Waals surface area contributed by atoms with E-state index in [0.29, 0.717) is 17.8 Å². The number of hydrogen-bond acceptors (Lipinski definition) is 3. The number of aromatic hydroxyl groups is 1. The van der Waals surface area contributed by atoms with Crippen LogP contribution >= 0.6 is 0 Å². The van der Waals surface area contributed by atoms with Crippen molar-refractivity contribution in [1.29, 1.82) is 0 Å². The molecule has 92 valence electrons. The lowest BCUT2D eigenvalue weighted by molar-refractivity contribution is 0.0778. The third-order valence-electron chi connectivity index (χ3n) is 3.51. The molecule has 3 rings (SSSR count). The van der Waals surface area contributed by atoms with Crippen molar-refractivity contribution >= 4 is 17.8 Å². The average molecular weight is 242 g/mol. The number of amides is 1. The van der Waals surface area contributed by atoms with E-state index in [4.69, 9.17) is 0 Å². The number of hydrogen-bond donors (Lipinski definition) is 1. The van der Waals surface area contributed by atoms with Crippen LogP contribution in [0.4, 0.5) is 5.69 Å². The van der Waals surface area contributed by atoms with Crippen molar-refractivity contribution in [3.05, 3.63) is 35.4 Å². The summed E-state index contributed by atoms with van der Waals surface area (Å²) in [6.07, 6.45) is 4.72. The lowest BCUT2D eigenvalue weighted by atomic mass is 10.1. The maximum atomic E-state index is 12.4. The van der Waals surface area contributed by atoms with Gasteiger partial charge in [0.25, 0.3) is 5.91 Å². The number of carbonyl (C=O) groups excluding carboxylic acids is 1. The van der Waals surface area contributed by atoms with Crippen LogP contribution in [0.3, 0.4) is 0 Å². The fraction of sp³-hybridized carbons (Fsp3) is 0.286. The quantitative estimate of drug-likeness (QED) is 0.709. The highest BCUT2D eigenvalue weighted by atomic mass is 16.3. The van der Waals surface area contributed by atoms with Crippen molar-refractivity contribution in [3.63, 3.8) is 0 Å². The summed E-state index contributed by atoms with van der Waals surface area (Å²) >= 11 is 0. The number of carbonyl (C=O) groups is 1. The van der Waals surface area contributed by atoms with E-state index in [1.807, 2.05) is 11.8 Å². The topological polar surface area (TPSA) is 52.9 Å². The number of allylic oxidation sites excluding steroid dienone is 1. The molecule has 1 saturated heterocycles. The predicted molar refractivity (Wildman–Crippen MR) is 69.5 cm³/mol. The van der Waals surface area contributed by atoms with Gasteiger partial charge in [-0.25, -0.2) is 0 Å². The summed E-state index contributed by atoms with van der Waals surface area (Å²) in [5.74, 6) is 0.124. The second kappa shape index (κ2) is 3.98. The van der Waals surface area contributed by atoms with E-state index in [9.17, 15) is 9.90 Å². The number of phenolic OH excluding ortho intramolecular Hbond substituents is 1. The number of nitrogens with zero attached hydrogens (tertiary/aromatic N) is 2. The average Bonchev–Trinajstić information content (AvgIpc) is 2.74. The van der Waals surface area contributed by atoms with Crippen molar-refractivity contribution in [1.82, 2.24) is 4.90 Å². The Bertz CT molecular complexity index is 575. The molecule has 0 bridgehead atoms. The molecule has 4 heteroatoms. The Morgan fingerprint density at radius 2 is 2.33 bits per heavy atom. The van der Waals surface area contributed by atoms with E-state index in [1.165, 1.54) is 17.7 Å². The van der Waals surface area contributed by atoms with Gasteiger partial charge < -0.3 is 10.0 Å². The highest BCUT2D eigenvalue weighted by Gasteiger charge is 2.33. The molecule has 0 aromatic heterocycles. The number of phenols is 1. The van der Waals surface area contributed by atoms with Crippen LogP contribution in [0.5, 0.6) is 5.75 Å². The molecular weight excluding hydrogens is 228 g/mol. The van der Waals surface area contributed by atoms with Crippen molar-refractivity contribution in [2.24, 2.45) is 4.99 Å². The summed E-state index contributed by atoms with van der Waals surface area (Å²) in [5, 5.41) is 9.44. The van der Waals surface area contributed by atoms with E-state index in [-0.39, 0.29) is 17.7 Å². The molecule has 18 heavy (non-hydrogen) atoms. The monoisotopic (exact) mass is 242 g/mol. The van der Waals surface area contributed by atoms with Gasteiger partial charge in [0.2, 0.25) is 0 Å². The fourth-order valence-electron chi connectivity index (χ4n) is 2.47. The Hall–Kier alpha value is -2.10. The molecule has 0 unspecified atom stereocenters. The second-order valence-electron chi connectivity index (χ2n) is 4.63. The van der Waals surface area contributed by atoms with Gasteiger partial charge in [-0.15, -0.1) is 0 Å². The summed E-state index contributed by atoms with van der Waals surface area (Å²) < 4.78 is 0. The third-order valence-corrected chi connectivity index (χ3v) is 3.51. The molecule has 1 N–H and O–H groups in total. The van der Waals surface area contributed by atoms with Crippen LogP contribution in [0.2, 0.25) is 0 Å². The van der Waals surface area contributed by atoms with Crippen LogP contribution in [0, 0.1) is 0 Å². The molecule has 2 heterocycles. The number of fused-ring (bicyclic) bond motifs is 2. The second-order valence-corrected chi connectivity index (χ2v) is 4.63. The largest absolute Gasteiger partial charge is 0.508 e. The SMILES string of the molecule is C/C=C1\C[C@H]2C=Nc3cc(O)ccc3C(=O)N2C1. The van der Waals surface area contributed by atoms with Gasteiger partial charge in [0.1, 0.15) is 5.75 Å². The van der Waals surface area contributed by atoms with Gasteiger partial charge in [-0.1, -0.05) is 11.6 Å². The van der Waals surface area contributed by atoms with Gasteiger partial charge in [-0.3, -0.25) is 9.79 Å². The third kappa shape index (κ3) is 1.61. The highest BCUT2D eigenvalue weighted by Crippen LogP contribution is 2.32. The van der Waals surface area contributed by atoms with Crippen molar-refractivity contribution in [3.8, 4) is 5.75 Å². The molecule has 0 aliphatic carbocycles. The summed E-state index contributed by atoms with van der Waals surface area (Å²) in [6, 6.07) is 4.74. The van der Waals surface area contributed by atoms with E-state index in [0.717, 1.165) is 6.42 Å². The lowest BCUT2D eigenvalue weighted by Gasteiger charge is -2.19. The fourth-order valence-corrected chi connectivity index (χ4v) is 2.47. The summed E-state index contributed by atoms with van der Waals surface area (Å²) in [7, 11) is 0. The maximum absolute atomic E-state index is 12.4. The zero-order chi connectivity index (χ0) is 12.7. The van der Waals surface area contributed by atoms with Crippen LogP contribution in [0.15, 0.2) is 34.8 Å². The maximum Gasteiger partial charge on any atom is 0.256 e. The molecule has 4 nitrogen and oxygen atoms in total. The minimum atomic E-state index is -0.00986. The Balaban J connectivity index is 2.06. The summed E-state index contributed by atoms with van der Waals surface area (Å²) in [4.78, 5) is 18.6. The lowest BCUT2D eigenvalue weighted by Crippen LogP contribution is -2.35. The van der Waals surface area contributed by atoms with E-state index in [1.54, 1.807) is 12.3 Å². The molecule has 1 atom stereocenters. The van der Waals surface area contributed by atoms with Crippen LogP contribution < -0.4 is 0 Å². The molecule has 1 fully saturated rings. The minimum absolute atomic E-state index is 0.00986. The van der Waals surface area contributed by atoms with Crippen LogP contribution in [-0.2, 0) is 0 Å². The molecular formula is C14H14N2O2. The predicted octanol–water partition coefficient (Wildman–Crippen LogP) is 2.27. The molecule has 2 aliphatic rings. The first-order chi connectivity index (χ1) is 8.69. The Kier molecular flexibility index (Phi) is 2.44. The van der Waals surface area contributed by atoms with Crippen LogP contribution in [-0.4, -0.2) is 34.7 Å². The van der Waals surface area contributed by atoms with Crippen LogP contribution in [0.25, 0.3) is 0 Å². The number of benzene rings is 1. The van der Waals surface area contributed by atoms with Gasteiger partial charge >= 0.3 is 0 Å². The van der Waals surface area contributed by atoms with Gasteiger partial charge in [0.05, 0.1) is 17.3 Å². The van der Waals surface area contributed by atoms with Crippen molar-refractivity contribution < 1.29 is 9.90 Å². The number of rotatable bonds is 0. The smallest absolute Gasteiger partial charge is 0.256 e. The van der Waals surface area contributed by atoms with E-state index in [2.05, 4.69) is 11.1 Å². The molecule has 1 aromatic carbocycles. The first kappa shape index (κ1) is 11.0. The summed E-state index contributed by atoms with van der Waals surface area (Å²) in [5.41, 5.74) is 2.38. The van der Waals surface area contributed by atoms with E-state index >= 15 is 0 Å². The minimum Gasteiger partial charge on any atom is -0.508 e. The zero-order valence-corrected chi connectivity index (χ0v) is 10.1. The normalized spacial score (nSPS) is 24.1. The molecule has 0 saturated carbocycles. The van der Waals surface area contributed by atoms with Gasteiger partial charge in [0.15, 0.2) is 0 Å². The standard InChI is InChI=1S/C14H14N2O2/c1-2-9-5-10-7-15-13-6-11(17)3-4-12(13)14(18)16(10)8-9/h2-4,6-7,10,17H,5,8H2,1H3/b9-2+/t10-/m0/s1. The summed E-state index contributed by atoms with van der Waals surface area (Å²) in [6.45, 7) is 2.67. The molecule has 1 aromatic rings. The van der Waals surface area contributed by atoms with Crippen molar-refractivity contribution in [2.75, 3.05) is 6.54 Å². The Morgan fingerprint density at radius 3 is 3.11 bits per heavy atom. The van der Waals surface area contributed by atoms with Crippen LogP contribution in [0.1, 0.15) is 23.7 Å². The van der Waals surface area contributed by atoms with Gasteiger partial charge in [-0.05, 0) is 25.5 Å². The molecule has 0 spiro atoms. The van der Waals surface area contributed by atoms with Gasteiger partial charge in [0, 0.05) is 18.8 Å². The molecule has 2 aliphatic heterocycles. The van der Waals surface area contributed by atoms with Gasteiger partial charge in [-0.2, -0.15) is 0 Å². The highest BCUT2D eigenvalue weighted by molar-refractivity contribution is 6.03. The Morgan fingerprint density at radius 1 is 1.50 bits per heavy atom. The van der Waals surface area contributed by atoms with Crippen molar-refractivity contribution in [2.45, 2.75) is 19.4 Å². The molecule has 0 radical (unpaired) electrons. The first-order valence-corrected chi connectivity index (χ1v) is 6.01. The van der Waals surface area contributed by atoms with E-state index < -0.39 is 0 Å². The number of aliphatic imine (C=N–C) groups is 1. The zero-order valence-electron chi connectivity index (χ0n) is 10.1. The first-order valence-electron chi connectivity index (χ1n) is 6.01. The Labute approximate surface area is 105 Å². The molecule has 1 amide bonds.